The number of hydrogen-bond acceptors (Lipinski definition) is 5. The third-order valence-electron chi connectivity index (χ3n) is 5.65. The first-order chi connectivity index (χ1) is 14.4. The lowest BCUT2D eigenvalue weighted by Gasteiger charge is -2.19. The van der Waals surface area contributed by atoms with Crippen LogP contribution in [0.5, 0.6) is 5.75 Å². The van der Waals surface area contributed by atoms with Crippen molar-refractivity contribution in [2.75, 3.05) is 25.0 Å². The van der Waals surface area contributed by atoms with Crippen LogP contribution in [-0.4, -0.2) is 46.7 Å². The van der Waals surface area contributed by atoms with E-state index < -0.39 is 11.6 Å². The number of halogens is 3. The molecular formula is C20H18F3N5O2. The number of nitrogens with one attached hydrogen (secondary N) is 3. The zero-order valence-electron chi connectivity index (χ0n) is 15.8. The van der Waals surface area contributed by atoms with Gasteiger partial charge in [-0.2, -0.15) is 18.2 Å². The average Bonchev–Trinajstić information content (AvgIpc) is 3.45. The molecule has 7 nitrogen and oxygen atoms in total. The van der Waals surface area contributed by atoms with Gasteiger partial charge in [0.1, 0.15) is 18.0 Å². The fourth-order valence-electron chi connectivity index (χ4n) is 3.61. The molecule has 10 heteroatoms. The van der Waals surface area contributed by atoms with Gasteiger partial charge in [0.15, 0.2) is 0 Å². The Hall–Kier alpha value is -3.30. The van der Waals surface area contributed by atoms with Crippen molar-refractivity contribution in [3.8, 4) is 16.9 Å². The number of aromatic nitrogens is 3. The number of ether oxygens (including phenoxy) is 1. The van der Waals surface area contributed by atoms with Crippen LogP contribution in [-0.2, 0) is 0 Å². The number of hydrogen-bond donors (Lipinski definition) is 3. The Kier molecular flexibility index (Phi) is 4.12. The van der Waals surface area contributed by atoms with E-state index in [4.69, 9.17) is 4.74 Å². The second-order valence-corrected chi connectivity index (χ2v) is 7.61. The molecule has 1 amide bonds. The molecule has 1 saturated carbocycles. The molecule has 30 heavy (non-hydrogen) atoms. The number of nitrogens with zero attached hydrogens (tertiary/aromatic N) is 2. The number of rotatable bonds is 4. The lowest BCUT2D eigenvalue weighted by Crippen LogP contribution is -2.31. The summed E-state index contributed by atoms with van der Waals surface area (Å²) in [5, 5.41) is 6.20. The van der Waals surface area contributed by atoms with Crippen LogP contribution in [0.2, 0.25) is 0 Å². The number of anilines is 1. The molecule has 0 spiro atoms. The number of alkyl halides is 3. The first-order valence-corrected chi connectivity index (χ1v) is 9.56. The van der Waals surface area contributed by atoms with Gasteiger partial charge in [-0.25, -0.2) is 4.98 Å². The third kappa shape index (κ3) is 3.12. The molecule has 3 aromatic rings. The molecule has 0 atom stereocenters. The zero-order chi connectivity index (χ0) is 20.9. The van der Waals surface area contributed by atoms with Crippen LogP contribution in [0.1, 0.15) is 23.2 Å². The smallest absolute Gasteiger partial charge is 0.396 e. The highest BCUT2D eigenvalue weighted by molar-refractivity contribution is 5.99. The Morgan fingerprint density at radius 2 is 2.07 bits per heavy atom. The number of benzene rings is 1. The number of carbonyl (C=O) groups is 1. The summed E-state index contributed by atoms with van der Waals surface area (Å²) in [5.41, 5.74) is 0.931. The number of aromatic amines is 1. The van der Waals surface area contributed by atoms with Gasteiger partial charge in [0.2, 0.25) is 5.95 Å². The second kappa shape index (κ2) is 6.61. The Bertz CT molecular complexity index is 1140. The molecule has 1 aliphatic carbocycles. The van der Waals surface area contributed by atoms with Gasteiger partial charge in [-0.15, -0.1) is 0 Å². The predicted molar refractivity (Wildman–Crippen MR) is 103 cm³/mol. The average molecular weight is 417 g/mol. The summed E-state index contributed by atoms with van der Waals surface area (Å²) < 4.78 is 44.9. The van der Waals surface area contributed by atoms with Crippen molar-refractivity contribution in [2.24, 2.45) is 5.41 Å². The topological polar surface area (TPSA) is 91.9 Å². The normalized spacial score (nSPS) is 17.6. The van der Waals surface area contributed by atoms with E-state index >= 15 is 0 Å². The standard InChI is InChI=1S/C20H18F3N5O2/c21-20(22,23)19(3-4-19)10-27-18-26-9-14-13(8-25-16(14)28-18)11-1-2-12-15(7-11)30-6-5-24-17(12)29/h1-2,7-9H,3-6,10H2,(H,24,29)(H2,25,26,27,28). The molecule has 0 unspecified atom stereocenters. The fraction of sp³-hybridized carbons (Fsp3) is 0.350. The van der Waals surface area contributed by atoms with Crippen LogP contribution in [0.25, 0.3) is 22.2 Å². The zero-order valence-corrected chi connectivity index (χ0v) is 15.8. The molecule has 3 heterocycles. The Balaban J connectivity index is 1.41. The molecule has 0 saturated heterocycles. The van der Waals surface area contributed by atoms with E-state index in [2.05, 4.69) is 25.6 Å². The molecule has 1 aromatic carbocycles. The molecule has 0 radical (unpaired) electrons. The lowest BCUT2D eigenvalue weighted by molar-refractivity contribution is -0.182. The Labute approximate surface area is 169 Å². The van der Waals surface area contributed by atoms with Crippen LogP contribution in [0, 0.1) is 5.41 Å². The first kappa shape index (κ1) is 18.7. The van der Waals surface area contributed by atoms with Gasteiger partial charge in [-0.1, -0.05) is 6.07 Å². The largest absolute Gasteiger partial charge is 0.491 e. The molecule has 0 bridgehead atoms. The van der Waals surface area contributed by atoms with Gasteiger partial charge in [0.25, 0.3) is 5.91 Å². The van der Waals surface area contributed by atoms with Crippen molar-refractivity contribution in [1.29, 1.82) is 0 Å². The monoisotopic (exact) mass is 417 g/mol. The highest BCUT2D eigenvalue weighted by Crippen LogP contribution is 2.57. The highest BCUT2D eigenvalue weighted by atomic mass is 19.4. The van der Waals surface area contributed by atoms with E-state index in [1.807, 2.05) is 6.07 Å². The summed E-state index contributed by atoms with van der Waals surface area (Å²) in [4.78, 5) is 23.6. The lowest BCUT2D eigenvalue weighted by atomic mass is 10.0. The van der Waals surface area contributed by atoms with Crippen LogP contribution < -0.4 is 15.4 Å². The maximum Gasteiger partial charge on any atom is 0.396 e. The molecule has 156 valence electrons. The Morgan fingerprint density at radius 1 is 1.23 bits per heavy atom. The summed E-state index contributed by atoms with van der Waals surface area (Å²) in [6, 6.07) is 5.30. The van der Waals surface area contributed by atoms with E-state index in [-0.39, 0.29) is 31.2 Å². The van der Waals surface area contributed by atoms with Gasteiger partial charge in [-0.3, -0.25) is 4.79 Å². The molecule has 3 N–H and O–H groups in total. The van der Waals surface area contributed by atoms with Crippen molar-refractivity contribution < 1.29 is 22.7 Å². The van der Waals surface area contributed by atoms with Crippen LogP contribution in [0.4, 0.5) is 19.1 Å². The number of amides is 1. The number of carbonyl (C=O) groups excluding carboxylic acids is 1. The maximum atomic E-state index is 13.1. The summed E-state index contributed by atoms with van der Waals surface area (Å²) in [6.07, 6.45) is -0.662. The Morgan fingerprint density at radius 3 is 2.83 bits per heavy atom. The number of H-pyrrole nitrogens is 1. The summed E-state index contributed by atoms with van der Waals surface area (Å²) >= 11 is 0. The minimum atomic E-state index is -4.23. The van der Waals surface area contributed by atoms with Crippen LogP contribution >= 0.6 is 0 Å². The highest BCUT2D eigenvalue weighted by Gasteiger charge is 2.62. The summed E-state index contributed by atoms with van der Waals surface area (Å²) in [7, 11) is 0. The summed E-state index contributed by atoms with van der Waals surface area (Å²) in [5.74, 6) is 0.464. The van der Waals surface area contributed by atoms with Crippen molar-refractivity contribution in [3.63, 3.8) is 0 Å². The van der Waals surface area contributed by atoms with E-state index in [1.165, 1.54) is 0 Å². The fourth-order valence-corrected chi connectivity index (χ4v) is 3.61. The van der Waals surface area contributed by atoms with Gasteiger partial charge in [-0.05, 0) is 30.5 Å². The van der Waals surface area contributed by atoms with E-state index in [1.54, 1.807) is 24.5 Å². The van der Waals surface area contributed by atoms with E-state index in [9.17, 15) is 18.0 Å². The second-order valence-electron chi connectivity index (χ2n) is 7.61. The molecule has 2 aromatic heterocycles. The van der Waals surface area contributed by atoms with Gasteiger partial charge < -0.3 is 20.4 Å². The van der Waals surface area contributed by atoms with Gasteiger partial charge in [0.05, 0.1) is 17.5 Å². The van der Waals surface area contributed by atoms with E-state index in [0.717, 1.165) is 16.5 Å². The minimum Gasteiger partial charge on any atom is -0.491 e. The quantitative estimate of drug-likeness (QED) is 0.604. The van der Waals surface area contributed by atoms with Crippen molar-refractivity contribution in [1.82, 2.24) is 20.3 Å². The van der Waals surface area contributed by atoms with Crippen LogP contribution in [0.15, 0.2) is 30.6 Å². The van der Waals surface area contributed by atoms with Gasteiger partial charge >= 0.3 is 6.18 Å². The van der Waals surface area contributed by atoms with E-state index in [0.29, 0.717) is 30.1 Å². The molecule has 1 fully saturated rings. The maximum absolute atomic E-state index is 13.1. The number of fused-ring (bicyclic) bond motifs is 2. The predicted octanol–water partition coefficient (Wildman–Crippen LogP) is 3.50. The SMILES string of the molecule is O=C1NCCOc2cc(-c3c[nH]c4nc(NCC5(C(F)(F)F)CC5)ncc34)ccc21. The van der Waals surface area contributed by atoms with Crippen molar-refractivity contribution in [3.05, 3.63) is 36.2 Å². The molecule has 5 rings (SSSR count). The van der Waals surface area contributed by atoms with Crippen molar-refractivity contribution >= 4 is 22.9 Å². The van der Waals surface area contributed by atoms with Crippen molar-refractivity contribution in [2.45, 2.75) is 19.0 Å². The molecular weight excluding hydrogens is 399 g/mol. The minimum absolute atomic E-state index is 0.122. The molecule has 2 aliphatic rings. The third-order valence-corrected chi connectivity index (χ3v) is 5.65. The first-order valence-electron chi connectivity index (χ1n) is 9.56. The summed E-state index contributed by atoms with van der Waals surface area (Å²) in [6.45, 7) is 0.586. The molecule has 1 aliphatic heterocycles. The van der Waals surface area contributed by atoms with Crippen LogP contribution in [0.3, 0.4) is 0 Å². The van der Waals surface area contributed by atoms with Gasteiger partial charge in [0, 0.05) is 29.9 Å².